The van der Waals surface area contributed by atoms with Gasteiger partial charge < -0.3 is 15.0 Å². The smallest absolute Gasteiger partial charge is 0.318 e. The van der Waals surface area contributed by atoms with Gasteiger partial charge in [-0.3, -0.25) is 0 Å². The molecule has 0 aliphatic carbocycles. The zero-order valence-electron chi connectivity index (χ0n) is 9.94. The van der Waals surface area contributed by atoms with Crippen LogP contribution in [0.15, 0.2) is 0 Å². The molecule has 0 aromatic heterocycles. The lowest BCUT2D eigenvalue weighted by Crippen LogP contribution is -2.54. The van der Waals surface area contributed by atoms with Gasteiger partial charge in [0.25, 0.3) is 0 Å². The highest BCUT2D eigenvalue weighted by molar-refractivity contribution is 7.91. The van der Waals surface area contributed by atoms with Crippen LogP contribution in [0.3, 0.4) is 0 Å². The Hall–Kier alpha value is -0.820. The second-order valence-electron chi connectivity index (χ2n) is 4.93. The number of nitrogens with zero attached hydrogens (tertiary/aromatic N) is 1. The molecular formula is C10H18N2O4S. The second kappa shape index (κ2) is 4.45. The number of carbonyl (C=O) groups excluding carboxylic acids is 1. The molecule has 0 aromatic rings. The second-order valence-corrected chi connectivity index (χ2v) is 7.12. The summed E-state index contributed by atoms with van der Waals surface area (Å²) in [5, 5.41) is 2.83. The van der Waals surface area contributed by atoms with E-state index in [0.29, 0.717) is 32.7 Å². The van der Waals surface area contributed by atoms with Crippen molar-refractivity contribution in [2.24, 2.45) is 0 Å². The molecule has 98 valence electrons. The predicted molar refractivity (Wildman–Crippen MR) is 62.6 cm³/mol. The Morgan fingerprint density at radius 1 is 1.35 bits per heavy atom. The Morgan fingerprint density at radius 3 is 2.53 bits per heavy atom. The molecule has 2 saturated heterocycles. The van der Waals surface area contributed by atoms with Crippen molar-refractivity contribution < 1.29 is 17.9 Å². The fraction of sp³-hybridized carbons (Fsp3) is 0.900. The maximum absolute atomic E-state index is 11.9. The summed E-state index contributed by atoms with van der Waals surface area (Å²) in [4.78, 5) is 13.6. The summed E-state index contributed by atoms with van der Waals surface area (Å²) in [6, 6.07) is -0.187. The van der Waals surface area contributed by atoms with Gasteiger partial charge in [-0.1, -0.05) is 0 Å². The van der Waals surface area contributed by atoms with Crippen molar-refractivity contribution in [2.45, 2.75) is 18.9 Å². The number of nitrogens with one attached hydrogen (secondary N) is 1. The van der Waals surface area contributed by atoms with Crippen LogP contribution in [0.25, 0.3) is 0 Å². The molecule has 1 unspecified atom stereocenters. The lowest BCUT2D eigenvalue weighted by molar-refractivity contribution is 0.0515. The first-order valence-corrected chi connectivity index (χ1v) is 7.58. The lowest BCUT2D eigenvalue weighted by Gasteiger charge is -2.31. The Balaban J connectivity index is 1.94. The third kappa shape index (κ3) is 3.10. The SMILES string of the molecule is CC1(NC(=O)N2CCOCC2)CCS(=O)(=O)C1. The van der Waals surface area contributed by atoms with E-state index in [1.807, 2.05) is 0 Å². The summed E-state index contributed by atoms with van der Waals surface area (Å²) in [6.45, 7) is 4.00. The third-order valence-electron chi connectivity index (χ3n) is 3.21. The number of carbonyl (C=O) groups is 1. The monoisotopic (exact) mass is 262 g/mol. The number of urea groups is 1. The molecule has 0 radical (unpaired) electrons. The molecule has 2 fully saturated rings. The van der Waals surface area contributed by atoms with Crippen LogP contribution in [0.5, 0.6) is 0 Å². The topological polar surface area (TPSA) is 75.7 Å². The number of sulfone groups is 1. The molecule has 2 rings (SSSR count). The van der Waals surface area contributed by atoms with Crippen LogP contribution >= 0.6 is 0 Å². The van der Waals surface area contributed by atoms with Crippen LogP contribution in [0.1, 0.15) is 13.3 Å². The molecule has 1 atom stereocenters. The van der Waals surface area contributed by atoms with Crippen molar-refractivity contribution in [1.29, 1.82) is 0 Å². The molecular weight excluding hydrogens is 244 g/mol. The fourth-order valence-corrected chi connectivity index (χ4v) is 4.31. The molecule has 2 aliphatic heterocycles. The molecule has 7 heteroatoms. The highest BCUT2D eigenvalue weighted by Crippen LogP contribution is 2.23. The molecule has 1 N–H and O–H groups in total. The number of amides is 2. The summed E-state index contributed by atoms with van der Waals surface area (Å²) >= 11 is 0. The Labute approximate surface area is 101 Å². The molecule has 0 spiro atoms. The fourth-order valence-electron chi connectivity index (χ4n) is 2.21. The minimum absolute atomic E-state index is 0.0378. The van der Waals surface area contributed by atoms with Crippen LogP contribution in [0.2, 0.25) is 0 Å². The number of hydrogen-bond donors (Lipinski definition) is 1. The number of rotatable bonds is 1. The third-order valence-corrected chi connectivity index (χ3v) is 5.11. The van der Waals surface area contributed by atoms with E-state index < -0.39 is 15.4 Å². The van der Waals surface area contributed by atoms with E-state index in [2.05, 4.69) is 5.32 Å². The highest BCUT2D eigenvalue weighted by atomic mass is 32.2. The predicted octanol–water partition coefficient (Wildman–Crippen LogP) is -0.395. The zero-order valence-corrected chi connectivity index (χ0v) is 10.8. The van der Waals surface area contributed by atoms with Gasteiger partial charge in [0.05, 0.1) is 30.3 Å². The van der Waals surface area contributed by atoms with Gasteiger partial charge in [-0.05, 0) is 13.3 Å². The van der Waals surface area contributed by atoms with Gasteiger partial charge >= 0.3 is 6.03 Å². The average Bonchev–Trinajstić information content (AvgIpc) is 2.54. The number of ether oxygens (including phenoxy) is 1. The molecule has 0 saturated carbocycles. The minimum atomic E-state index is -2.99. The first-order valence-electron chi connectivity index (χ1n) is 5.76. The van der Waals surface area contributed by atoms with E-state index in [4.69, 9.17) is 4.74 Å². The number of hydrogen-bond acceptors (Lipinski definition) is 4. The molecule has 2 heterocycles. The van der Waals surface area contributed by atoms with E-state index in [0.717, 1.165) is 0 Å². The lowest BCUT2D eigenvalue weighted by atomic mass is 10.0. The molecule has 2 aliphatic rings. The molecule has 0 bridgehead atoms. The summed E-state index contributed by atoms with van der Waals surface area (Å²) in [5.41, 5.74) is -0.617. The quantitative estimate of drug-likeness (QED) is 0.698. The maximum atomic E-state index is 11.9. The first-order chi connectivity index (χ1) is 7.90. The zero-order chi connectivity index (χ0) is 12.5. The summed E-state index contributed by atoms with van der Waals surface area (Å²) in [6.07, 6.45) is 0.491. The summed E-state index contributed by atoms with van der Waals surface area (Å²) < 4.78 is 28.0. The van der Waals surface area contributed by atoms with Crippen LogP contribution in [0, 0.1) is 0 Å². The average molecular weight is 262 g/mol. The van der Waals surface area contributed by atoms with E-state index in [1.165, 1.54) is 0 Å². The Morgan fingerprint density at radius 2 is 2.00 bits per heavy atom. The largest absolute Gasteiger partial charge is 0.378 e. The van der Waals surface area contributed by atoms with Crippen LogP contribution < -0.4 is 5.32 Å². The van der Waals surface area contributed by atoms with Crippen molar-refractivity contribution >= 4 is 15.9 Å². The van der Waals surface area contributed by atoms with E-state index in [-0.39, 0.29) is 17.5 Å². The molecule has 6 nitrogen and oxygen atoms in total. The minimum Gasteiger partial charge on any atom is -0.378 e. The van der Waals surface area contributed by atoms with Gasteiger partial charge in [0, 0.05) is 13.1 Å². The molecule has 2 amide bonds. The standard InChI is InChI=1S/C10H18N2O4S/c1-10(2-7-17(14,15)8-10)11-9(13)12-3-5-16-6-4-12/h2-8H2,1H3,(H,11,13). The van der Waals surface area contributed by atoms with Gasteiger partial charge in [-0.2, -0.15) is 0 Å². The van der Waals surface area contributed by atoms with Crippen molar-refractivity contribution in [1.82, 2.24) is 10.2 Å². The molecule has 17 heavy (non-hydrogen) atoms. The van der Waals surface area contributed by atoms with Crippen molar-refractivity contribution in [3.05, 3.63) is 0 Å². The van der Waals surface area contributed by atoms with Gasteiger partial charge in [-0.25, -0.2) is 13.2 Å². The Bertz CT molecular complexity index is 403. The van der Waals surface area contributed by atoms with Crippen LogP contribution in [0.4, 0.5) is 4.79 Å². The molecule has 0 aromatic carbocycles. The van der Waals surface area contributed by atoms with Crippen molar-refractivity contribution in [3.63, 3.8) is 0 Å². The van der Waals surface area contributed by atoms with Gasteiger partial charge in [0.1, 0.15) is 0 Å². The van der Waals surface area contributed by atoms with Crippen molar-refractivity contribution in [2.75, 3.05) is 37.8 Å². The maximum Gasteiger partial charge on any atom is 0.318 e. The van der Waals surface area contributed by atoms with Crippen LogP contribution in [-0.2, 0) is 14.6 Å². The number of morpholine rings is 1. The first kappa shape index (κ1) is 12.6. The normalized spacial score (nSPS) is 32.4. The van der Waals surface area contributed by atoms with Gasteiger partial charge in [0.2, 0.25) is 0 Å². The van der Waals surface area contributed by atoms with Gasteiger partial charge in [-0.15, -0.1) is 0 Å². The summed E-state index contributed by atoms with van der Waals surface area (Å²) in [5.74, 6) is 0.197. The van der Waals surface area contributed by atoms with Gasteiger partial charge in [0.15, 0.2) is 9.84 Å². The van der Waals surface area contributed by atoms with E-state index in [9.17, 15) is 13.2 Å². The highest BCUT2D eigenvalue weighted by Gasteiger charge is 2.40. The van der Waals surface area contributed by atoms with Crippen LogP contribution in [-0.4, -0.2) is 62.7 Å². The van der Waals surface area contributed by atoms with E-state index in [1.54, 1.807) is 11.8 Å². The van der Waals surface area contributed by atoms with Crippen molar-refractivity contribution in [3.8, 4) is 0 Å². The Kier molecular flexibility index (Phi) is 3.31. The van der Waals surface area contributed by atoms with E-state index >= 15 is 0 Å². The summed E-state index contributed by atoms with van der Waals surface area (Å²) in [7, 11) is -2.99.